The second-order valence-electron chi connectivity index (χ2n) is 5.14. The zero-order valence-electron chi connectivity index (χ0n) is 10.6. The Morgan fingerprint density at radius 3 is 2.82 bits per heavy atom. The molecule has 4 nitrogen and oxygen atoms in total. The molecule has 0 radical (unpaired) electrons. The van der Waals surface area contributed by atoms with Gasteiger partial charge in [-0.2, -0.15) is 5.10 Å². The molecule has 2 aromatic rings. The van der Waals surface area contributed by atoms with E-state index in [1.165, 1.54) is 24.0 Å². The van der Waals surface area contributed by atoms with Crippen LogP contribution in [0.3, 0.4) is 0 Å². The van der Waals surface area contributed by atoms with Gasteiger partial charge in [-0.1, -0.05) is 0 Å². The van der Waals surface area contributed by atoms with Gasteiger partial charge in [0.25, 0.3) is 0 Å². The lowest BCUT2D eigenvalue weighted by Gasteiger charge is -2.14. The van der Waals surface area contributed by atoms with Crippen LogP contribution in [0.25, 0.3) is 11.0 Å². The van der Waals surface area contributed by atoms with Crippen molar-refractivity contribution in [3.05, 3.63) is 23.5 Å². The maximum Gasteiger partial charge on any atom is 0.114 e. The smallest absolute Gasteiger partial charge is 0.114 e. The van der Waals surface area contributed by atoms with Crippen LogP contribution in [0, 0.1) is 13.8 Å². The minimum absolute atomic E-state index is 0.583. The third kappa shape index (κ3) is 1.72. The Morgan fingerprint density at radius 2 is 2.12 bits per heavy atom. The molecule has 0 bridgehead atoms. The molecule has 1 atom stereocenters. The van der Waals surface area contributed by atoms with Crippen LogP contribution in [0.1, 0.15) is 23.7 Å². The van der Waals surface area contributed by atoms with Crippen LogP contribution in [0.5, 0.6) is 0 Å². The second-order valence-corrected chi connectivity index (χ2v) is 5.14. The predicted octanol–water partition coefficient (Wildman–Crippen LogP) is 1.92. The van der Waals surface area contributed by atoms with Gasteiger partial charge in [0.15, 0.2) is 0 Å². The highest BCUT2D eigenvalue weighted by Gasteiger charge is 2.23. The molecule has 0 spiro atoms. The number of rotatable bonds is 1. The molecule has 17 heavy (non-hydrogen) atoms. The van der Waals surface area contributed by atoms with Crippen LogP contribution in [0.4, 0.5) is 0 Å². The largest absolute Gasteiger partial charge is 0.341 e. The monoisotopic (exact) mass is 230 g/mol. The first-order valence-electron chi connectivity index (χ1n) is 6.15. The Kier molecular flexibility index (Phi) is 2.40. The molecular formula is C13H18N4. The lowest BCUT2D eigenvalue weighted by Crippen LogP contribution is -2.16. The summed E-state index contributed by atoms with van der Waals surface area (Å²) in [6, 6.07) is 2.73. The summed E-state index contributed by atoms with van der Waals surface area (Å²) in [7, 11) is 2.18. The first kappa shape index (κ1) is 10.7. The Morgan fingerprint density at radius 1 is 1.29 bits per heavy atom. The molecule has 0 amide bonds. The highest BCUT2D eigenvalue weighted by Crippen LogP contribution is 2.27. The quantitative estimate of drug-likeness (QED) is 0.750. The zero-order chi connectivity index (χ0) is 12.0. The molecular weight excluding hydrogens is 212 g/mol. The number of hydrogen-bond donors (Lipinski definition) is 0. The Balaban J connectivity index is 2.13. The third-order valence-corrected chi connectivity index (χ3v) is 3.64. The highest BCUT2D eigenvalue weighted by molar-refractivity contribution is 5.79. The van der Waals surface area contributed by atoms with Crippen LogP contribution in [0.15, 0.2) is 12.3 Å². The maximum atomic E-state index is 4.31. The van der Waals surface area contributed by atoms with Gasteiger partial charge in [-0.3, -0.25) is 0 Å². The van der Waals surface area contributed by atoms with Crippen molar-refractivity contribution in [2.75, 3.05) is 20.1 Å². The maximum absolute atomic E-state index is 4.31. The van der Waals surface area contributed by atoms with E-state index in [0.29, 0.717) is 6.04 Å². The fourth-order valence-corrected chi connectivity index (χ4v) is 2.73. The van der Waals surface area contributed by atoms with Gasteiger partial charge < -0.3 is 9.47 Å². The number of likely N-dealkylation sites (tertiary alicyclic amines) is 1. The molecule has 0 aromatic carbocycles. The summed E-state index contributed by atoms with van der Waals surface area (Å²) < 4.78 is 2.38. The Bertz CT molecular complexity index is 558. The van der Waals surface area contributed by atoms with Crippen molar-refractivity contribution in [2.45, 2.75) is 26.3 Å². The van der Waals surface area contributed by atoms with Crippen molar-refractivity contribution in [3.8, 4) is 0 Å². The number of aromatic nitrogens is 3. The van der Waals surface area contributed by atoms with Gasteiger partial charge in [0.1, 0.15) is 5.52 Å². The molecule has 1 aliphatic rings. The van der Waals surface area contributed by atoms with Gasteiger partial charge in [-0.05, 0) is 45.5 Å². The fourth-order valence-electron chi connectivity index (χ4n) is 2.73. The van der Waals surface area contributed by atoms with E-state index in [1.54, 1.807) is 0 Å². The lowest BCUT2D eigenvalue weighted by atomic mass is 10.2. The van der Waals surface area contributed by atoms with E-state index >= 15 is 0 Å². The highest BCUT2D eigenvalue weighted by atomic mass is 15.2. The van der Waals surface area contributed by atoms with Gasteiger partial charge in [0.05, 0.1) is 11.2 Å². The summed E-state index contributed by atoms with van der Waals surface area (Å²) in [6.07, 6.45) is 3.45. The third-order valence-electron chi connectivity index (χ3n) is 3.64. The molecule has 1 fully saturated rings. The molecule has 1 aliphatic heterocycles. The normalized spacial score (nSPS) is 21.5. The number of likely N-dealkylation sites (N-methyl/N-ethyl adjacent to an activating group) is 1. The van der Waals surface area contributed by atoms with Crippen molar-refractivity contribution >= 4 is 11.0 Å². The van der Waals surface area contributed by atoms with E-state index in [1.807, 2.05) is 6.92 Å². The Labute approximate surface area is 101 Å². The van der Waals surface area contributed by atoms with Crippen molar-refractivity contribution in [1.82, 2.24) is 19.7 Å². The van der Waals surface area contributed by atoms with E-state index in [9.17, 15) is 0 Å². The summed E-state index contributed by atoms with van der Waals surface area (Å²) >= 11 is 0. The fraction of sp³-hybridized carbons (Fsp3) is 0.538. The van der Waals surface area contributed by atoms with Crippen LogP contribution < -0.4 is 0 Å². The average Bonchev–Trinajstić information content (AvgIpc) is 2.83. The molecule has 2 aromatic heterocycles. The molecule has 90 valence electrons. The number of aryl methyl sites for hydroxylation is 2. The minimum Gasteiger partial charge on any atom is -0.341 e. The van der Waals surface area contributed by atoms with E-state index in [-0.39, 0.29) is 0 Å². The molecule has 3 heterocycles. The number of hydrogen-bond acceptors (Lipinski definition) is 3. The first-order valence-corrected chi connectivity index (χ1v) is 6.15. The summed E-state index contributed by atoms with van der Waals surface area (Å²) in [4.78, 5) is 2.38. The van der Waals surface area contributed by atoms with Crippen LogP contribution in [0.2, 0.25) is 0 Å². The SMILES string of the molecule is Cc1cc2c(nn1)c(C)cn2[C@@H]1CCN(C)C1. The summed E-state index contributed by atoms with van der Waals surface area (Å²) in [5.74, 6) is 0. The van der Waals surface area contributed by atoms with Crippen LogP contribution in [-0.4, -0.2) is 39.8 Å². The number of nitrogens with zero attached hydrogens (tertiary/aromatic N) is 4. The van der Waals surface area contributed by atoms with E-state index < -0.39 is 0 Å². The van der Waals surface area contributed by atoms with Gasteiger partial charge >= 0.3 is 0 Å². The van der Waals surface area contributed by atoms with Gasteiger partial charge in [-0.15, -0.1) is 5.10 Å². The van der Waals surface area contributed by atoms with Crippen molar-refractivity contribution in [1.29, 1.82) is 0 Å². The lowest BCUT2D eigenvalue weighted by molar-refractivity contribution is 0.395. The summed E-state index contributed by atoms with van der Waals surface area (Å²) in [6.45, 7) is 6.42. The van der Waals surface area contributed by atoms with Gasteiger partial charge in [0, 0.05) is 18.8 Å². The standard InChI is InChI=1S/C13H18N4/c1-9-7-17(11-4-5-16(3)8-11)12-6-10(2)14-15-13(9)12/h6-7,11H,4-5,8H2,1-3H3/t11-/m1/s1. The average molecular weight is 230 g/mol. The van der Waals surface area contributed by atoms with Crippen molar-refractivity contribution in [2.24, 2.45) is 0 Å². The molecule has 1 saturated heterocycles. The van der Waals surface area contributed by atoms with E-state index in [4.69, 9.17) is 0 Å². The summed E-state index contributed by atoms with van der Waals surface area (Å²) in [5.41, 5.74) is 4.49. The van der Waals surface area contributed by atoms with Crippen LogP contribution in [-0.2, 0) is 0 Å². The van der Waals surface area contributed by atoms with Gasteiger partial charge in [0.2, 0.25) is 0 Å². The summed E-state index contributed by atoms with van der Waals surface area (Å²) in [5, 5.41) is 8.46. The second kappa shape index (κ2) is 3.81. The Hall–Kier alpha value is -1.42. The van der Waals surface area contributed by atoms with E-state index in [2.05, 4.69) is 45.9 Å². The molecule has 0 saturated carbocycles. The van der Waals surface area contributed by atoms with Crippen molar-refractivity contribution in [3.63, 3.8) is 0 Å². The number of fused-ring (bicyclic) bond motifs is 1. The topological polar surface area (TPSA) is 34.0 Å². The van der Waals surface area contributed by atoms with Gasteiger partial charge in [-0.25, -0.2) is 0 Å². The van der Waals surface area contributed by atoms with Crippen molar-refractivity contribution < 1.29 is 0 Å². The molecule has 0 unspecified atom stereocenters. The molecule has 0 N–H and O–H groups in total. The minimum atomic E-state index is 0.583. The molecule has 0 aliphatic carbocycles. The zero-order valence-corrected chi connectivity index (χ0v) is 10.6. The van der Waals surface area contributed by atoms with E-state index in [0.717, 1.165) is 17.8 Å². The molecule has 3 rings (SSSR count). The predicted molar refractivity (Wildman–Crippen MR) is 68.2 cm³/mol. The van der Waals surface area contributed by atoms with Crippen LogP contribution >= 0.6 is 0 Å². The molecule has 4 heteroatoms. The first-order chi connectivity index (χ1) is 8.15.